The summed E-state index contributed by atoms with van der Waals surface area (Å²) in [5, 5.41) is 3.04. The van der Waals surface area contributed by atoms with E-state index < -0.39 is 22.6 Å². The van der Waals surface area contributed by atoms with Crippen LogP contribution in [0.2, 0.25) is 0 Å². The second-order valence-corrected chi connectivity index (χ2v) is 7.42. The van der Waals surface area contributed by atoms with Crippen molar-refractivity contribution < 1.29 is 21.6 Å². The van der Waals surface area contributed by atoms with Gasteiger partial charge in [-0.15, -0.1) is 0 Å². The van der Waals surface area contributed by atoms with E-state index in [2.05, 4.69) is 10.3 Å². The third-order valence-corrected chi connectivity index (χ3v) is 4.63. The van der Waals surface area contributed by atoms with Crippen LogP contribution in [-0.4, -0.2) is 56.4 Å². The molecule has 1 aromatic heterocycles. The molecule has 1 saturated heterocycles. The normalized spacial score (nSPS) is 18.4. The molecule has 1 aromatic rings. The number of hydrogen-bond donors (Lipinski definition) is 1. The second kappa shape index (κ2) is 6.41. The van der Waals surface area contributed by atoms with Gasteiger partial charge in [0.15, 0.2) is 9.84 Å². The van der Waals surface area contributed by atoms with Crippen molar-refractivity contribution >= 4 is 15.7 Å². The molecule has 1 fully saturated rings. The van der Waals surface area contributed by atoms with Gasteiger partial charge < -0.3 is 5.32 Å². The van der Waals surface area contributed by atoms with Gasteiger partial charge in [0.1, 0.15) is 10.7 Å². The van der Waals surface area contributed by atoms with Crippen LogP contribution in [0.4, 0.5) is 19.0 Å². The number of sulfone groups is 1. The molecule has 124 valence electrons. The van der Waals surface area contributed by atoms with Gasteiger partial charge in [-0.2, -0.15) is 13.2 Å². The van der Waals surface area contributed by atoms with Gasteiger partial charge in [-0.3, -0.25) is 4.90 Å². The van der Waals surface area contributed by atoms with Gasteiger partial charge in [0.25, 0.3) is 0 Å². The lowest BCUT2D eigenvalue weighted by molar-refractivity contribution is -0.147. The van der Waals surface area contributed by atoms with Crippen LogP contribution >= 0.6 is 0 Å². The first kappa shape index (κ1) is 17.0. The van der Waals surface area contributed by atoms with Gasteiger partial charge in [0.2, 0.25) is 0 Å². The molecule has 0 bridgehead atoms. The van der Waals surface area contributed by atoms with E-state index in [1.807, 2.05) is 0 Å². The Kier molecular flexibility index (Phi) is 4.96. The molecule has 0 spiro atoms. The predicted octanol–water partition coefficient (Wildman–Crippen LogP) is 1.92. The van der Waals surface area contributed by atoms with Crippen molar-refractivity contribution in [2.24, 2.45) is 0 Å². The third kappa shape index (κ3) is 4.84. The zero-order chi connectivity index (χ0) is 16.4. The first-order valence-corrected chi connectivity index (χ1v) is 8.75. The Morgan fingerprint density at radius 3 is 2.55 bits per heavy atom. The highest BCUT2D eigenvalue weighted by molar-refractivity contribution is 7.90. The average molecular weight is 337 g/mol. The number of halogens is 3. The van der Waals surface area contributed by atoms with Crippen molar-refractivity contribution in [2.45, 2.75) is 30.0 Å². The van der Waals surface area contributed by atoms with E-state index in [-0.39, 0.29) is 16.8 Å². The first-order valence-electron chi connectivity index (χ1n) is 6.86. The number of alkyl halides is 3. The van der Waals surface area contributed by atoms with Crippen LogP contribution in [0.15, 0.2) is 23.2 Å². The number of anilines is 1. The van der Waals surface area contributed by atoms with Gasteiger partial charge in [0.05, 0.1) is 6.54 Å². The van der Waals surface area contributed by atoms with Gasteiger partial charge in [-0.25, -0.2) is 13.4 Å². The molecule has 0 radical (unpaired) electrons. The number of piperidine rings is 1. The van der Waals surface area contributed by atoms with Crippen LogP contribution in [0.25, 0.3) is 0 Å². The minimum absolute atomic E-state index is 0.0834. The molecule has 1 N–H and O–H groups in total. The lowest BCUT2D eigenvalue weighted by Crippen LogP contribution is -2.43. The maximum Gasteiger partial charge on any atom is 0.401 e. The highest BCUT2D eigenvalue weighted by Crippen LogP contribution is 2.23. The zero-order valence-corrected chi connectivity index (χ0v) is 12.9. The third-order valence-electron chi connectivity index (χ3n) is 3.50. The van der Waals surface area contributed by atoms with Crippen LogP contribution in [0.5, 0.6) is 0 Å². The summed E-state index contributed by atoms with van der Waals surface area (Å²) in [5.41, 5.74) is 0. The van der Waals surface area contributed by atoms with E-state index in [9.17, 15) is 21.6 Å². The van der Waals surface area contributed by atoms with Gasteiger partial charge >= 0.3 is 6.18 Å². The van der Waals surface area contributed by atoms with E-state index in [0.29, 0.717) is 25.9 Å². The second-order valence-electron chi connectivity index (χ2n) is 5.43. The van der Waals surface area contributed by atoms with E-state index in [1.165, 1.54) is 23.2 Å². The molecular formula is C13H18F3N3O2S. The predicted molar refractivity (Wildman–Crippen MR) is 76.5 cm³/mol. The lowest BCUT2D eigenvalue weighted by atomic mass is 10.1. The summed E-state index contributed by atoms with van der Waals surface area (Å²) >= 11 is 0. The highest BCUT2D eigenvalue weighted by atomic mass is 32.2. The fraction of sp³-hybridized carbons (Fsp3) is 0.615. The number of nitrogens with one attached hydrogen (secondary N) is 1. The molecule has 2 heterocycles. The summed E-state index contributed by atoms with van der Waals surface area (Å²) in [7, 11) is -3.40. The first-order chi connectivity index (χ1) is 10.1. The minimum atomic E-state index is -4.19. The molecular weight excluding hydrogens is 319 g/mol. The van der Waals surface area contributed by atoms with Crippen molar-refractivity contribution in [3.8, 4) is 0 Å². The Bertz CT molecular complexity index is 611. The number of likely N-dealkylation sites (tertiary alicyclic amines) is 1. The fourth-order valence-corrected chi connectivity index (χ4v) is 3.27. The maximum absolute atomic E-state index is 12.3. The molecule has 1 aliphatic rings. The topological polar surface area (TPSA) is 62.3 Å². The lowest BCUT2D eigenvalue weighted by Gasteiger charge is -2.33. The van der Waals surface area contributed by atoms with E-state index in [0.717, 1.165) is 6.26 Å². The van der Waals surface area contributed by atoms with Crippen molar-refractivity contribution in [2.75, 3.05) is 31.2 Å². The SMILES string of the molecule is CS(=O)(=O)c1cccnc1NC1CCN(CC(F)(F)F)CC1. The summed E-state index contributed by atoms with van der Waals surface area (Å²) in [4.78, 5) is 5.49. The molecule has 0 amide bonds. The summed E-state index contributed by atoms with van der Waals surface area (Å²) < 4.78 is 60.4. The van der Waals surface area contributed by atoms with Crippen LogP contribution in [0.1, 0.15) is 12.8 Å². The standard InChI is InChI=1S/C13H18F3N3O2S/c1-22(20,21)11-3-2-6-17-12(11)18-10-4-7-19(8-5-10)9-13(14,15)16/h2-3,6,10H,4-5,7-9H2,1H3,(H,17,18). The van der Waals surface area contributed by atoms with Crippen LogP contribution < -0.4 is 5.32 Å². The summed E-state index contributed by atoms with van der Waals surface area (Å²) in [6, 6.07) is 2.91. The van der Waals surface area contributed by atoms with Crippen molar-refractivity contribution in [3.63, 3.8) is 0 Å². The Labute approximate surface area is 127 Å². The fourth-order valence-electron chi connectivity index (χ4n) is 2.48. The molecule has 2 rings (SSSR count). The van der Waals surface area contributed by atoms with E-state index in [4.69, 9.17) is 0 Å². The highest BCUT2D eigenvalue weighted by Gasteiger charge is 2.32. The van der Waals surface area contributed by atoms with Gasteiger partial charge in [-0.1, -0.05) is 0 Å². The Balaban J connectivity index is 1.97. The molecule has 0 unspecified atom stereocenters. The molecule has 0 atom stereocenters. The molecule has 5 nitrogen and oxygen atoms in total. The molecule has 0 aromatic carbocycles. The molecule has 22 heavy (non-hydrogen) atoms. The number of nitrogens with zero attached hydrogens (tertiary/aromatic N) is 2. The summed E-state index contributed by atoms with van der Waals surface area (Å²) in [6.07, 6.45) is -0.590. The Morgan fingerprint density at radius 1 is 1.36 bits per heavy atom. The van der Waals surface area contributed by atoms with Crippen LogP contribution in [0.3, 0.4) is 0 Å². The monoisotopic (exact) mass is 337 g/mol. The largest absolute Gasteiger partial charge is 0.401 e. The molecule has 9 heteroatoms. The molecule has 0 aliphatic carbocycles. The van der Waals surface area contributed by atoms with Crippen molar-refractivity contribution in [1.29, 1.82) is 0 Å². The summed E-state index contributed by atoms with van der Waals surface area (Å²) in [6.45, 7) is -0.270. The average Bonchev–Trinajstić information content (AvgIpc) is 2.39. The Morgan fingerprint density at radius 2 is 2.00 bits per heavy atom. The van der Waals surface area contributed by atoms with Crippen LogP contribution in [0, 0.1) is 0 Å². The quantitative estimate of drug-likeness (QED) is 0.910. The van der Waals surface area contributed by atoms with E-state index >= 15 is 0 Å². The molecule has 0 saturated carbocycles. The number of hydrogen-bond acceptors (Lipinski definition) is 5. The van der Waals surface area contributed by atoms with Gasteiger partial charge in [0, 0.05) is 31.6 Å². The minimum Gasteiger partial charge on any atom is -0.366 e. The van der Waals surface area contributed by atoms with E-state index in [1.54, 1.807) is 0 Å². The van der Waals surface area contributed by atoms with Crippen molar-refractivity contribution in [3.05, 3.63) is 18.3 Å². The van der Waals surface area contributed by atoms with Crippen molar-refractivity contribution in [1.82, 2.24) is 9.88 Å². The molecule has 1 aliphatic heterocycles. The maximum atomic E-state index is 12.3. The number of pyridine rings is 1. The van der Waals surface area contributed by atoms with Gasteiger partial charge in [-0.05, 0) is 25.0 Å². The zero-order valence-electron chi connectivity index (χ0n) is 12.1. The summed E-state index contributed by atoms with van der Waals surface area (Å²) in [5.74, 6) is 0.263. The smallest absolute Gasteiger partial charge is 0.366 e. The van der Waals surface area contributed by atoms with Crippen LogP contribution in [-0.2, 0) is 9.84 Å². The Hall–Kier alpha value is -1.35. The number of rotatable bonds is 4. The number of aromatic nitrogens is 1.